The number of rotatable bonds is 4. The van der Waals surface area contributed by atoms with Gasteiger partial charge in [0, 0.05) is 11.0 Å². The van der Waals surface area contributed by atoms with E-state index in [0.29, 0.717) is 4.88 Å². The summed E-state index contributed by atoms with van der Waals surface area (Å²) in [6.45, 7) is 1.69. The Labute approximate surface area is 99.4 Å². The summed E-state index contributed by atoms with van der Waals surface area (Å²) in [5.41, 5.74) is 0. The molecule has 6 heteroatoms. The molecule has 0 aliphatic rings. The van der Waals surface area contributed by atoms with Crippen LogP contribution in [0.5, 0.6) is 0 Å². The number of carboxylic acid groups (broad SMARTS) is 1. The Hall–Kier alpha value is -0.880. The van der Waals surface area contributed by atoms with Gasteiger partial charge in [-0.1, -0.05) is 6.92 Å². The molecule has 0 aliphatic carbocycles. The number of thiophene rings is 1. The van der Waals surface area contributed by atoms with Crippen LogP contribution in [0.3, 0.4) is 0 Å². The highest BCUT2D eigenvalue weighted by Gasteiger charge is 2.15. The molecule has 1 amide bonds. The van der Waals surface area contributed by atoms with Crippen LogP contribution in [0.4, 0.5) is 0 Å². The van der Waals surface area contributed by atoms with Gasteiger partial charge in [0.25, 0.3) is 5.91 Å². The van der Waals surface area contributed by atoms with Gasteiger partial charge in [-0.2, -0.15) is 0 Å². The summed E-state index contributed by atoms with van der Waals surface area (Å²) in [5.74, 6) is -1.74. The summed E-state index contributed by atoms with van der Waals surface area (Å²) >= 11 is 4.55. The van der Waals surface area contributed by atoms with Crippen molar-refractivity contribution in [1.29, 1.82) is 0 Å². The summed E-state index contributed by atoms with van der Waals surface area (Å²) in [4.78, 5) is 22.6. The number of hydrogen-bond donors (Lipinski definition) is 2. The molecule has 1 heterocycles. The third kappa shape index (κ3) is 3.32. The highest BCUT2D eigenvalue weighted by atomic mass is 79.9. The van der Waals surface area contributed by atoms with E-state index in [0.717, 1.165) is 4.47 Å². The second-order valence-electron chi connectivity index (χ2n) is 3.05. The van der Waals surface area contributed by atoms with Gasteiger partial charge in [0.15, 0.2) is 0 Å². The average molecular weight is 292 g/mol. The molecule has 0 aromatic carbocycles. The molecule has 0 radical (unpaired) electrons. The molecule has 0 spiro atoms. The van der Waals surface area contributed by atoms with Gasteiger partial charge in [0.1, 0.15) is 4.88 Å². The Kier molecular flexibility index (Phi) is 4.28. The fourth-order valence-corrected chi connectivity index (χ4v) is 2.34. The van der Waals surface area contributed by atoms with Crippen LogP contribution in [-0.2, 0) is 4.79 Å². The SMILES string of the molecule is C[C@@H](CNC(=O)c1sccc1Br)C(=O)O. The van der Waals surface area contributed by atoms with Crippen LogP contribution in [0.25, 0.3) is 0 Å². The summed E-state index contributed by atoms with van der Waals surface area (Å²) in [7, 11) is 0. The van der Waals surface area contributed by atoms with E-state index in [1.54, 1.807) is 18.4 Å². The average Bonchev–Trinajstić information content (AvgIpc) is 2.60. The number of carboxylic acids is 1. The molecule has 15 heavy (non-hydrogen) atoms. The summed E-state index contributed by atoms with van der Waals surface area (Å²) in [6, 6.07) is 1.78. The monoisotopic (exact) mass is 291 g/mol. The minimum absolute atomic E-state index is 0.137. The molecule has 0 saturated carbocycles. The van der Waals surface area contributed by atoms with Crippen LogP contribution in [-0.4, -0.2) is 23.5 Å². The van der Waals surface area contributed by atoms with E-state index in [4.69, 9.17) is 5.11 Å². The van der Waals surface area contributed by atoms with Crippen molar-refractivity contribution in [3.05, 3.63) is 20.8 Å². The number of halogens is 1. The summed E-state index contributed by atoms with van der Waals surface area (Å²) in [6.07, 6.45) is 0. The Morgan fingerprint density at radius 3 is 2.80 bits per heavy atom. The van der Waals surface area contributed by atoms with Crippen molar-refractivity contribution in [2.45, 2.75) is 6.92 Å². The van der Waals surface area contributed by atoms with Gasteiger partial charge in [-0.3, -0.25) is 9.59 Å². The van der Waals surface area contributed by atoms with Gasteiger partial charge in [-0.15, -0.1) is 11.3 Å². The maximum atomic E-state index is 11.5. The molecule has 2 N–H and O–H groups in total. The first-order chi connectivity index (χ1) is 7.02. The zero-order chi connectivity index (χ0) is 11.4. The van der Waals surface area contributed by atoms with E-state index >= 15 is 0 Å². The number of aliphatic carboxylic acids is 1. The number of amides is 1. The van der Waals surface area contributed by atoms with Crippen LogP contribution < -0.4 is 5.32 Å². The Morgan fingerprint density at radius 1 is 1.67 bits per heavy atom. The second-order valence-corrected chi connectivity index (χ2v) is 4.82. The molecule has 0 aliphatic heterocycles. The molecule has 0 unspecified atom stereocenters. The molecular weight excluding hydrogens is 282 g/mol. The van der Waals surface area contributed by atoms with Crippen LogP contribution in [0.1, 0.15) is 16.6 Å². The van der Waals surface area contributed by atoms with Gasteiger partial charge in [-0.05, 0) is 27.4 Å². The standard InChI is InChI=1S/C9H10BrNO3S/c1-5(9(13)14)4-11-8(12)7-6(10)2-3-15-7/h2-3,5H,4H2,1H3,(H,11,12)(H,13,14)/t5-/m0/s1. The van der Waals surface area contributed by atoms with Gasteiger partial charge < -0.3 is 10.4 Å². The van der Waals surface area contributed by atoms with Crippen molar-refractivity contribution in [1.82, 2.24) is 5.32 Å². The minimum Gasteiger partial charge on any atom is -0.481 e. The van der Waals surface area contributed by atoms with Gasteiger partial charge >= 0.3 is 5.97 Å². The van der Waals surface area contributed by atoms with Crippen molar-refractivity contribution in [3.8, 4) is 0 Å². The van der Waals surface area contributed by atoms with Gasteiger partial charge in [-0.25, -0.2) is 0 Å². The Morgan fingerprint density at radius 2 is 2.33 bits per heavy atom. The molecule has 1 aromatic rings. The number of nitrogens with one attached hydrogen (secondary N) is 1. The molecule has 0 fully saturated rings. The van der Waals surface area contributed by atoms with Crippen molar-refractivity contribution < 1.29 is 14.7 Å². The molecule has 1 atom stereocenters. The summed E-state index contributed by atoms with van der Waals surface area (Å²) in [5, 5.41) is 13.0. The molecule has 0 saturated heterocycles. The van der Waals surface area contributed by atoms with Crippen molar-refractivity contribution >= 4 is 39.1 Å². The molecular formula is C9H10BrNO3S. The fraction of sp³-hybridized carbons (Fsp3) is 0.333. The first-order valence-electron chi connectivity index (χ1n) is 4.26. The van der Waals surface area contributed by atoms with Crippen LogP contribution in [0, 0.1) is 5.92 Å². The number of carbonyl (C=O) groups excluding carboxylic acids is 1. The topological polar surface area (TPSA) is 66.4 Å². The van der Waals surface area contributed by atoms with Crippen LogP contribution in [0.2, 0.25) is 0 Å². The van der Waals surface area contributed by atoms with E-state index in [-0.39, 0.29) is 12.5 Å². The molecule has 1 aromatic heterocycles. The Bertz CT molecular complexity index is 377. The molecule has 82 valence electrons. The van der Waals surface area contributed by atoms with E-state index in [2.05, 4.69) is 21.2 Å². The maximum Gasteiger partial charge on any atom is 0.308 e. The van der Waals surface area contributed by atoms with Crippen molar-refractivity contribution in [2.24, 2.45) is 5.92 Å². The predicted molar refractivity (Wildman–Crippen MR) is 61.2 cm³/mol. The van der Waals surface area contributed by atoms with E-state index in [9.17, 15) is 9.59 Å². The smallest absolute Gasteiger partial charge is 0.308 e. The van der Waals surface area contributed by atoms with Crippen LogP contribution in [0.15, 0.2) is 15.9 Å². The zero-order valence-corrected chi connectivity index (χ0v) is 10.4. The predicted octanol–water partition coefficient (Wildman–Crippen LogP) is 1.96. The lowest BCUT2D eigenvalue weighted by Crippen LogP contribution is -2.31. The van der Waals surface area contributed by atoms with Crippen molar-refractivity contribution in [2.75, 3.05) is 6.54 Å². The second kappa shape index (κ2) is 5.27. The quantitative estimate of drug-likeness (QED) is 0.891. The molecule has 0 bridgehead atoms. The molecule has 1 rings (SSSR count). The highest BCUT2D eigenvalue weighted by molar-refractivity contribution is 9.10. The number of carbonyl (C=O) groups is 2. The third-order valence-electron chi connectivity index (χ3n) is 1.81. The summed E-state index contributed by atoms with van der Waals surface area (Å²) < 4.78 is 0.730. The largest absolute Gasteiger partial charge is 0.481 e. The number of hydrogen-bond acceptors (Lipinski definition) is 3. The lowest BCUT2D eigenvalue weighted by molar-refractivity contribution is -0.140. The first-order valence-corrected chi connectivity index (χ1v) is 5.93. The normalized spacial score (nSPS) is 12.1. The van der Waals surface area contributed by atoms with Crippen molar-refractivity contribution in [3.63, 3.8) is 0 Å². The Balaban J connectivity index is 2.51. The highest BCUT2D eigenvalue weighted by Crippen LogP contribution is 2.22. The van der Waals surface area contributed by atoms with E-state index < -0.39 is 11.9 Å². The van der Waals surface area contributed by atoms with E-state index in [1.165, 1.54) is 11.3 Å². The fourth-order valence-electron chi connectivity index (χ4n) is 0.869. The van der Waals surface area contributed by atoms with E-state index in [1.807, 2.05) is 0 Å². The first kappa shape index (κ1) is 12.2. The van der Waals surface area contributed by atoms with Gasteiger partial charge in [0.2, 0.25) is 0 Å². The lowest BCUT2D eigenvalue weighted by Gasteiger charge is -2.07. The minimum atomic E-state index is -0.916. The lowest BCUT2D eigenvalue weighted by atomic mass is 10.2. The maximum absolute atomic E-state index is 11.5. The zero-order valence-electron chi connectivity index (χ0n) is 7.99. The van der Waals surface area contributed by atoms with Crippen LogP contribution >= 0.6 is 27.3 Å². The van der Waals surface area contributed by atoms with Gasteiger partial charge in [0.05, 0.1) is 5.92 Å². The third-order valence-corrected chi connectivity index (χ3v) is 3.65. The molecule has 4 nitrogen and oxygen atoms in total.